The number of ether oxygens (including phenoxy) is 1. The van der Waals surface area contributed by atoms with Gasteiger partial charge in [0.15, 0.2) is 0 Å². The Bertz CT molecular complexity index is 229. The van der Waals surface area contributed by atoms with Crippen molar-refractivity contribution >= 4 is 5.91 Å². The predicted octanol–water partition coefficient (Wildman–Crippen LogP) is 0.363. The van der Waals surface area contributed by atoms with E-state index in [-0.39, 0.29) is 0 Å². The average Bonchev–Trinajstić information content (AvgIpc) is 2.98. The molecule has 2 aliphatic rings. The summed E-state index contributed by atoms with van der Waals surface area (Å²) in [5.74, 6) is 0.700. The molecule has 0 aromatic rings. The van der Waals surface area contributed by atoms with Gasteiger partial charge in [0.05, 0.1) is 12.6 Å². The van der Waals surface area contributed by atoms with Gasteiger partial charge in [0.1, 0.15) is 0 Å². The minimum Gasteiger partial charge on any atom is -0.379 e. The number of likely N-dealkylation sites (tertiary alicyclic amines) is 1. The fourth-order valence-corrected chi connectivity index (χ4v) is 1.87. The van der Waals surface area contributed by atoms with Crippen molar-refractivity contribution in [3.63, 3.8) is 0 Å². The number of nitrogens with two attached hydrogens (primary N) is 1. The number of rotatable bonds is 6. The van der Waals surface area contributed by atoms with E-state index in [2.05, 4.69) is 0 Å². The van der Waals surface area contributed by atoms with Crippen LogP contribution in [-0.2, 0) is 9.53 Å². The van der Waals surface area contributed by atoms with E-state index < -0.39 is 0 Å². The monoisotopic (exact) mass is 212 g/mol. The number of hydrogen-bond donors (Lipinski definition) is 1. The van der Waals surface area contributed by atoms with E-state index in [0.717, 1.165) is 38.8 Å². The van der Waals surface area contributed by atoms with E-state index >= 15 is 0 Å². The van der Waals surface area contributed by atoms with Crippen molar-refractivity contribution < 1.29 is 9.53 Å². The molecule has 0 spiro atoms. The van der Waals surface area contributed by atoms with Crippen molar-refractivity contribution in [2.75, 3.05) is 26.3 Å². The second-order valence-electron chi connectivity index (χ2n) is 4.47. The first-order valence-corrected chi connectivity index (χ1v) is 5.91. The lowest BCUT2D eigenvalue weighted by Gasteiger charge is -2.41. The number of carbonyl (C=O) groups is 1. The number of hydrogen-bond acceptors (Lipinski definition) is 3. The molecule has 1 unspecified atom stereocenters. The summed E-state index contributed by atoms with van der Waals surface area (Å²) in [6, 6.07) is 0.343. The van der Waals surface area contributed by atoms with Crippen LogP contribution < -0.4 is 5.73 Å². The minimum atomic E-state index is 0.343. The highest BCUT2D eigenvalue weighted by Crippen LogP contribution is 2.34. The molecule has 0 aromatic heterocycles. The number of amides is 1. The zero-order chi connectivity index (χ0) is 10.7. The molecule has 2 rings (SSSR count). The Hall–Kier alpha value is -0.610. The molecule has 1 atom stereocenters. The van der Waals surface area contributed by atoms with Crippen LogP contribution in [0.1, 0.15) is 25.7 Å². The third-order valence-corrected chi connectivity index (χ3v) is 3.16. The molecule has 4 nitrogen and oxygen atoms in total. The van der Waals surface area contributed by atoms with Crippen LogP contribution in [0, 0.1) is 5.92 Å². The van der Waals surface area contributed by atoms with Crippen molar-refractivity contribution in [1.82, 2.24) is 4.90 Å². The van der Waals surface area contributed by atoms with E-state index in [4.69, 9.17) is 10.5 Å². The van der Waals surface area contributed by atoms with Crippen molar-refractivity contribution in [1.29, 1.82) is 0 Å². The molecule has 1 aliphatic heterocycles. The Labute approximate surface area is 90.8 Å². The molecule has 4 heteroatoms. The summed E-state index contributed by atoms with van der Waals surface area (Å²) in [5, 5.41) is 0. The highest BCUT2D eigenvalue weighted by Gasteiger charge is 2.40. The largest absolute Gasteiger partial charge is 0.379 e. The summed E-state index contributed by atoms with van der Waals surface area (Å²) < 4.78 is 5.48. The highest BCUT2D eigenvalue weighted by molar-refractivity contribution is 5.82. The maximum absolute atomic E-state index is 11.7. The summed E-state index contributed by atoms with van der Waals surface area (Å²) >= 11 is 0. The zero-order valence-electron chi connectivity index (χ0n) is 9.15. The minimum absolute atomic E-state index is 0.343. The van der Waals surface area contributed by atoms with Gasteiger partial charge in [-0.15, -0.1) is 0 Å². The molecule has 1 saturated heterocycles. The first kappa shape index (κ1) is 10.9. The van der Waals surface area contributed by atoms with E-state index in [0.29, 0.717) is 31.0 Å². The number of nitrogens with zero attached hydrogens (tertiary/aromatic N) is 1. The molecule has 86 valence electrons. The SMILES string of the molecule is NCCCOCC1CCN1C(=O)C1CC1. The Morgan fingerprint density at radius 3 is 2.73 bits per heavy atom. The molecule has 1 saturated carbocycles. The Kier molecular flexibility index (Phi) is 3.59. The van der Waals surface area contributed by atoms with Crippen LogP contribution in [0.3, 0.4) is 0 Å². The maximum atomic E-state index is 11.7. The Morgan fingerprint density at radius 2 is 2.20 bits per heavy atom. The fourth-order valence-electron chi connectivity index (χ4n) is 1.87. The van der Waals surface area contributed by atoms with E-state index in [9.17, 15) is 4.79 Å². The van der Waals surface area contributed by atoms with Crippen LogP contribution in [-0.4, -0.2) is 43.2 Å². The van der Waals surface area contributed by atoms with E-state index in [1.165, 1.54) is 0 Å². The molecular formula is C11H20N2O2. The molecule has 0 radical (unpaired) electrons. The molecule has 1 heterocycles. The summed E-state index contributed by atoms with van der Waals surface area (Å²) in [7, 11) is 0. The third kappa shape index (κ3) is 2.69. The molecule has 1 amide bonds. The van der Waals surface area contributed by atoms with Gasteiger partial charge in [0, 0.05) is 19.1 Å². The van der Waals surface area contributed by atoms with Crippen molar-refractivity contribution in [2.24, 2.45) is 11.7 Å². The third-order valence-electron chi connectivity index (χ3n) is 3.16. The van der Waals surface area contributed by atoms with Crippen molar-refractivity contribution in [3.05, 3.63) is 0 Å². The second-order valence-corrected chi connectivity index (χ2v) is 4.47. The summed E-state index contributed by atoms with van der Waals surface area (Å²) in [6.07, 6.45) is 4.19. The second kappa shape index (κ2) is 4.94. The first-order chi connectivity index (χ1) is 7.33. The maximum Gasteiger partial charge on any atom is 0.226 e. The van der Waals surface area contributed by atoms with Gasteiger partial charge in [-0.1, -0.05) is 0 Å². The van der Waals surface area contributed by atoms with Crippen LogP contribution in [0.5, 0.6) is 0 Å². The van der Waals surface area contributed by atoms with Gasteiger partial charge >= 0.3 is 0 Å². The Balaban J connectivity index is 1.63. The van der Waals surface area contributed by atoms with Gasteiger partial charge in [-0.25, -0.2) is 0 Å². The smallest absolute Gasteiger partial charge is 0.226 e. The molecule has 1 aliphatic carbocycles. The van der Waals surface area contributed by atoms with Crippen molar-refractivity contribution in [3.8, 4) is 0 Å². The summed E-state index contributed by atoms with van der Waals surface area (Å²) in [5.41, 5.74) is 5.37. The molecule has 0 aromatic carbocycles. The normalized spacial score (nSPS) is 25.1. The highest BCUT2D eigenvalue weighted by atomic mass is 16.5. The van der Waals surface area contributed by atoms with Crippen LogP contribution in [0.15, 0.2) is 0 Å². The van der Waals surface area contributed by atoms with Gasteiger partial charge in [-0.05, 0) is 32.2 Å². The summed E-state index contributed by atoms with van der Waals surface area (Å²) in [4.78, 5) is 13.7. The van der Waals surface area contributed by atoms with E-state index in [1.54, 1.807) is 0 Å². The lowest BCUT2D eigenvalue weighted by atomic mass is 10.0. The van der Waals surface area contributed by atoms with Crippen molar-refractivity contribution in [2.45, 2.75) is 31.7 Å². The van der Waals surface area contributed by atoms with Gasteiger partial charge in [0.25, 0.3) is 0 Å². The average molecular weight is 212 g/mol. The van der Waals surface area contributed by atoms with Crippen LogP contribution in [0.25, 0.3) is 0 Å². The standard InChI is InChI=1S/C11H20N2O2/c12-5-1-7-15-8-10-4-6-13(10)11(14)9-2-3-9/h9-10H,1-8,12H2. The lowest BCUT2D eigenvalue weighted by molar-refractivity contribution is -0.142. The fraction of sp³-hybridized carbons (Fsp3) is 0.909. The zero-order valence-corrected chi connectivity index (χ0v) is 9.15. The predicted molar refractivity (Wildman–Crippen MR) is 57.3 cm³/mol. The number of carbonyl (C=O) groups excluding carboxylic acids is 1. The topological polar surface area (TPSA) is 55.6 Å². The molecule has 2 fully saturated rings. The summed E-state index contributed by atoms with van der Waals surface area (Å²) in [6.45, 7) is 3.02. The van der Waals surface area contributed by atoms with Crippen LogP contribution >= 0.6 is 0 Å². The van der Waals surface area contributed by atoms with Gasteiger partial charge in [0.2, 0.25) is 5.91 Å². The van der Waals surface area contributed by atoms with Gasteiger partial charge in [-0.3, -0.25) is 4.79 Å². The molecule has 2 N–H and O–H groups in total. The quantitative estimate of drug-likeness (QED) is 0.647. The van der Waals surface area contributed by atoms with Gasteiger partial charge < -0.3 is 15.4 Å². The Morgan fingerprint density at radius 1 is 1.40 bits per heavy atom. The van der Waals surface area contributed by atoms with Crippen LogP contribution in [0.2, 0.25) is 0 Å². The van der Waals surface area contributed by atoms with E-state index in [1.807, 2.05) is 4.90 Å². The molecule has 15 heavy (non-hydrogen) atoms. The molecule has 0 bridgehead atoms. The lowest BCUT2D eigenvalue weighted by Crippen LogP contribution is -2.53. The first-order valence-electron chi connectivity index (χ1n) is 5.91. The molecular weight excluding hydrogens is 192 g/mol. The van der Waals surface area contributed by atoms with Gasteiger partial charge in [-0.2, -0.15) is 0 Å². The van der Waals surface area contributed by atoms with Crippen LogP contribution in [0.4, 0.5) is 0 Å².